The summed E-state index contributed by atoms with van der Waals surface area (Å²) in [5, 5.41) is 22.1. The Hall–Kier alpha value is -0.120. The van der Waals surface area contributed by atoms with Crippen molar-refractivity contribution in [2.45, 2.75) is 117 Å². The summed E-state index contributed by atoms with van der Waals surface area (Å²) in [6, 6.07) is 0. The second kappa shape index (κ2) is 7.70. The molecular formula is C28H48O3. The van der Waals surface area contributed by atoms with Gasteiger partial charge < -0.3 is 14.9 Å². The average molecular weight is 433 g/mol. The molecule has 1 heterocycles. The van der Waals surface area contributed by atoms with E-state index in [1.165, 1.54) is 51.4 Å². The summed E-state index contributed by atoms with van der Waals surface area (Å²) < 4.78 is 6.00. The monoisotopic (exact) mass is 432 g/mol. The Morgan fingerprint density at radius 2 is 1.52 bits per heavy atom. The molecule has 0 aromatic carbocycles. The van der Waals surface area contributed by atoms with Crippen LogP contribution in [0.15, 0.2) is 0 Å². The molecule has 4 aliphatic carbocycles. The standard InChI is InChI=1S/C28H48O3/c1-15(2)16(3)25(29)26(30)17(4)20-9-10-21-19-8-7-18-13-23-24(31-23)14-28(18,6)22(19)11-12-27(20,21)5/h15-26,29-30H,7-14H2,1-6H3/t16-,17+,18+,19+,20-,21+,22+,23-,24+,25-,26-,27-,28+/m1/s1. The molecule has 3 nitrogen and oxygen atoms in total. The summed E-state index contributed by atoms with van der Waals surface area (Å²) in [6.45, 7) is 13.8. The third-order valence-corrected chi connectivity index (χ3v) is 12.1. The van der Waals surface area contributed by atoms with Crippen LogP contribution in [0.2, 0.25) is 0 Å². The zero-order chi connectivity index (χ0) is 22.3. The number of aliphatic hydroxyl groups is 2. The highest BCUT2D eigenvalue weighted by Crippen LogP contribution is 2.69. The van der Waals surface area contributed by atoms with Gasteiger partial charge in [0.05, 0.1) is 24.4 Å². The maximum absolute atomic E-state index is 11.2. The molecule has 178 valence electrons. The van der Waals surface area contributed by atoms with Crippen LogP contribution < -0.4 is 0 Å². The molecule has 5 fully saturated rings. The van der Waals surface area contributed by atoms with Gasteiger partial charge in [0.15, 0.2) is 0 Å². The fraction of sp³-hybridized carbons (Fsp3) is 1.00. The molecule has 4 saturated carbocycles. The third kappa shape index (κ3) is 3.38. The Balaban J connectivity index is 1.33. The van der Waals surface area contributed by atoms with E-state index in [0.29, 0.717) is 34.9 Å². The van der Waals surface area contributed by atoms with Gasteiger partial charge in [0.2, 0.25) is 0 Å². The maximum atomic E-state index is 11.2. The number of fused-ring (bicyclic) bond motifs is 6. The second-order valence-electron chi connectivity index (χ2n) is 13.5. The van der Waals surface area contributed by atoms with Gasteiger partial charge in [-0.3, -0.25) is 0 Å². The Bertz CT molecular complexity index is 677. The van der Waals surface area contributed by atoms with Crippen LogP contribution in [-0.4, -0.2) is 34.6 Å². The van der Waals surface area contributed by atoms with Gasteiger partial charge in [0.1, 0.15) is 0 Å². The normalized spacial score (nSPS) is 52.4. The number of hydrogen-bond donors (Lipinski definition) is 2. The van der Waals surface area contributed by atoms with Gasteiger partial charge in [-0.05, 0) is 110 Å². The van der Waals surface area contributed by atoms with Gasteiger partial charge in [-0.1, -0.05) is 41.5 Å². The molecule has 0 aromatic heterocycles. The molecule has 0 unspecified atom stereocenters. The highest BCUT2D eigenvalue weighted by Gasteiger charge is 2.64. The summed E-state index contributed by atoms with van der Waals surface area (Å²) in [5.41, 5.74) is 0.826. The zero-order valence-corrected chi connectivity index (χ0v) is 20.9. The molecule has 1 aliphatic heterocycles. The van der Waals surface area contributed by atoms with Crippen molar-refractivity contribution in [3.63, 3.8) is 0 Å². The predicted molar refractivity (Wildman–Crippen MR) is 124 cm³/mol. The summed E-state index contributed by atoms with van der Waals surface area (Å²) in [7, 11) is 0. The molecule has 1 saturated heterocycles. The summed E-state index contributed by atoms with van der Waals surface area (Å²) in [4.78, 5) is 0. The van der Waals surface area contributed by atoms with Crippen LogP contribution in [0.5, 0.6) is 0 Å². The lowest BCUT2D eigenvalue weighted by atomic mass is 9.44. The smallest absolute Gasteiger partial charge is 0.0847 e. The fourth-order valence-electron chi connectivity index (χ4n) is 9.68. The first-order chi connectivity index (χ1) is 14.6. The van der Waals surface area contributed by atoms with E-state index in [0.717, 1.165) is 23.7 Å². The Labute approximate surface area is 190 Å². The van der Waals surface area contributed by atoms with Gasteiger partial charge in [-0.15, -0.1) is 0 Å². The molecule has 0 aromatic rings. The van der Waals surface area contributed by atoms with Gasteiger partial charge >= 0.3 is 0 Å². The molecule has 31 heavy (non-hydrogen) atoms. The molecule has 5 aliphatic rings. The van der Waals surface area contributed by atoms with Crippen molar-refractivity contribution in [1.29, 1.82) is 0 Å². The van der Waals surface area contributed by atoms with Crippen LogP contribution in [-0.2, 0) is 4.74 Å². The molecule has 0 radical (unpaired) electrons. The van der Waals surface area contributed by atoms with E-state index in [-0.39, 0.29) is 11.8 Å². The molecule has 0 amide bonds. The minimum Gasteiger partial charge on any atom is -0.390 e. The van der Waals surface area contributed by atoms with Crippen molar-refractivity contribution in [2.75, 3.05) is 0 Å². The first-order valence-electron chi connectivity index (χ1n) is 13.6. The molecule has 5 rings (SSSR count). The Morgan fingerprint density at radius 1 is 0.806 bits per heavy atom. The maximum Gasteiger partial charge on any atom is 0.0847 e. The predicted octanol–water partition coefficient (Wildman–Crippen LogP) is 5.67. The summed E-state index contributed by atoms with van der Waals surface area (Å²) in [6.07, 6.45) is 10.7. The minimum absolute atomic E-state index is 0.133. The van der Waals surface area contributed by atoms with Crippen LogP contribution in [0.4, 0.5) is 0 Å². The molecule has 0 bridgehead atoms. The molecule has 2 N–H and O–H groups in total. The quantitative estimate of drug-likeness (QED) is 0.550. The van der Waals surface area contributed by atoms with Gasteiger partial charge in [0.25, 0.3) is 0 Å². The van der Waals surface area contributed by atoms with Crippen molar-refractivity contribution in [3.05, 3.63) is 0 Å². The first-order valence-corrected chi connectivity index (χ1v) is 13.6. The Kier molecular flexibility index (Phi) is 5.63. The van der Waals surface area contributed by atoms with Gasteiger partial charge in [-0.2, -0.15) is 0 Å². The largest absolute Gasteiger partial charge is 0.390 e. The third-order valence-electron chi connectivity index (χ3n) is 12.1. The van der Waals surface area contributed by atoms with E-state index in [4.69, 9.17) is 4.74 Å². The second-order valence-corrected chi connectivity index (χ2v) is 13.5. The topological polar surface area (TPSA) is 53.0 Å². The number of aliphatic hydroxyl groups excluding tert-OH is 2. The van der Waals surface area contributed by atoms with E-state index in [1.54, 1.807) is 0 Å². The molecule has 0 spiro atoms. The number of hydrogen-bond acceptors (Lipinski definition) is 3. The van der Waals surface area contributed by atoms with Crippen molar-refractivity contribution in [1.82, 2.24) is 0 Å². The van der Waals surface area contributed by atoms with Crippen molar-refractivity contribution in [3.8, 4) is 0 Å². The van der Waals surface area contributed by atoms with E-state index in [1.807, 2.05) is 0 Å². The van der Waals surface area contributed by atoms with E-state index >= 15 is 0 Å². The Morgan fingerprint density at radius 3 is 2.23 bits per heavy atom. The summed E-state index contributed by atoms with van der Waals surface area (Å²) in [5.74, 6) is 4.66. The van der Waals surface area contributed by atoms with Crippen LogP contribution in [0.1, 0.15) is 92.9 Å². The highest BCUT2D eigenvalue weighted by atomic mass is 16.6. The van der Waals surface area contributed by atoms with E-state index in [9.17, 15) is 10.2 Å². The fourth-order valence-corrected chi connectivity index (χ4v) is 9.68. The average Bonchev–Trinajstić information content (AvgIpc) is 3.38. The first kappa shape index (κ1) is 22.7. The lowest BCUT2D eigenvalue weighted by molar-refractivity contribution is -0.123. The summed E-state index contributed by atoms with van der Waals surface area (Å²) >= 11 is 0. The lowest BCUT2D eigenvalue weighted by Crippen LogP contribution is -2.54. The van der Waals surface area contributed by atoms with Crippen LogP contribution in [0.3, 0.4) is 0 Å². The van der Waals surface area contributed by atoms with Gasteiger partial charge in [0, 0.05) is 0 Å². The highest BCUT2D eigenvalue weighted by molar-refractivity contribution is 5.13. The van der Waals surface area contributed by atoms with Crippen LogP contribution in [0.25, 0.3) is 0 Å². The van der Waals surface area contributed by atoms with Crippen molar-refractivity contribution in [2.24, 2.45) is 58.2 Å². The number of ether oxygens (including phenoxy) is 1. The van der Waals surface area contributed by atoms with Crippen molar-refractivity contribution >= 4 is 0 Å². The van der Waals surface area contributed by atoms with Crippen LogP contribution in [0, 0.1) is 58.2 Å². The van der Waals surface area contributed by atoms with E-state index < -0.39 is 12.2 Å². The molecule has 13 atom stereocenters. The zero-order valence-electron chi connectivity index (χ0n) is 20.9. The van der Waals surface area contributed by atoms with Gasteiger partial charge in [-0.25, -0.2) is 0 Å². The van der Waals surface area contributed by atoms with E-state index in [2.05, 4.69) is 41.5 Å². The minimum atomic E-state index is -0.614. The van der Waals surface area contributed by atoms with Crippen molar-refractivity contribution < 1.29 is 14.9 Å². The molecule has 3 heteroatoms. The SMILES string of the molecule is CC(C)[C@@H](C)[C@@H](O)[C@H](O)[C@@H](C)[C@H]1CC[C@H]2[C@@H]3CC[C@H]4C[C@H]5O[C@H]5C[C@]4(C)[C@H]3CC[C@]12C. The molecular weight excluding hydrogens is 384 g/mol. The number of rotatable bonds is 5. The van der Waals surface area contributed by atoms with Crippen LogP contribution >= 0.6 is 0 Å². The lowest BCUT2D eigenvalue weighted by Gasteiger charge is -2.60. The number of epoxide rings is 1.